The zero-order valence-electron chi connectivity index (χ0n) is 11.6. The molecule has 0 aliphatic heterocycles. The summed E-state index contributed by atoms with van der Waals surface area (Å²) in [6, 6.07) is 17.1. The van der Waals surface area contributed by atoms with Crippen LogP contribution in [0.5, 0.6) is 0 Å². The molecule has 2 aromatic rings. The lowest BCUT2D eigenvalue weighted by Gasteiger charge is -2.14. The summed E-state index contributed by atoms with van der Waals surface area (Å²) in [6.45, 7) is 0. The van der Waals surface area contributed by atoms with Gasteiger partial charge in [0, 0.05) is 16.5 Å². The van der Waals surface area contributed by atoms with Crippen LogP contribution in [0, 0.1) is 0 Å². The first kappa shape index (κ1) is 15.2. The highest BCUT2D eigenvalue weighted by Gasteiger charge is 2.14. The van der Waals surface area contributed by atoms with Gasteiger partial charge in [-0.15, -0.1) is 11.8 Å². The quantitative estimate of drug-likeness (QED) is 0.488. The molecule has 4 heteroatoms. The van der Waals surface area contributed by atoms with Gasteiger partial charge in [-0.25, -0.2) is 0 Å². The van der Waals surface area contributed by atoms with Crippen molar-refractivity contribution in [3.63, 3.8) is 0 Å². The standard InChI is InChI=1S/C17H16O3S/c1-20-17(19)11-16(13-7-3-2-4-8-13)21-15-10-6-5-9-14(15)12-18/h2-12,16,19H,1H3/b17-11+. The Hall–Kier alpha value is -2.20. The van der Waals surface area contributed by atoms with Crippen molar-refractivity contribution in [1.82, 2.24) is 0 Å². The van der Waals surface area contributed by atoms with Crippen LogP contribution in [0.2, 0.25) is 0 Å². The topological polar surface area (TPSA) is 46.5 Å². The van der Waals surface area contributed by atoms with E-state index in [1.807, 2.05) is 48.5 Å². The maximum atomic E-state index is 11.1. The second-order valence-electron chi connectivity index (χ2n) is 4.31. The molecule has 1 unspecified atom stereocenters. The van der Waals surface area contributed by atoms with E-state index in [0.29, 0.717) is 5.56 Å². The van der Waals surface area contributed by atoms with E-state index in [2.05, 4.69) is 0 Å². The van der Waals surface area contributed by atoms with Gasteiger partial charge in [0.1, 0.15) is 0 Å². The third kappa shape index (κ3) is 4.13. The SMILES string of the molecule is CO/C(O)=C/C(Sc1ccccc1C=O)c1ccccc1. The van der Waals surface area contributed by atoms with Gasteiger partial charge in [0.25, 0.3) is 5.95 Å². The Bertz CT molecular complexity index is 623. The highest BCUT2D eigenvalue weighted by atomic mass is 32.2. The fraction of sp³-hybridized carbons (Fsp3) is 0.118. The maximum Gasteiger partial charge on any atom is 0.273 e. The number of aldehydes is 1. The molecule has 0 saturated carbocycles. The molecule has 2 rings (SSSR count). The lowest BCUT2D eigenvalue weighted by molar-refractivity contribution is 0.112. The Balaban J connectivity index is 2.34. The number of methoxy groups -OCH3 is 1. The summed E-state index contributed by atoms with van der Waals surface area (Å²) in [4.78, 5) is 12.0. The molecule has 0 aromatic heterocycles. The second kappa shape index (κ2) is 7.55. The Morgan fingerprint density at radius 1 is 1.14 bits per heavy atom. The van der Waals surface area contributed by atoms with Gasteiger partial charge in [0.2, 0.25) is 0 Å². The predicted octanol–water partition coefficient (Wildman–Crippen LogP) is 4.38. The summed E-state index contributed by atoms with van der Waals surface area (Å²) < 4.78 is 4.83. The number of thioether (sulfide) groups is 1. The van der Waals surface area contributed by atoms with E-state index in [1.165, 1.54) is 18.9 Å². The lowest BCUT2D eigenvalue weighted by Crippen LogP contribution is -1.95. The van der Waals surface area contributed by atoms with Crippen LogP contribution < -0.4 is 0 Å². The molecule has 0 aliphatic carbocycles. The Morgan fingerprint density at radius 3 is 2.48 bits per heavy atom. The molecule has 0 aliphatic rings. The lowest BCUT2D eigenvalue weighted by atomic mass is 10.1. The van der Waals surface area contributed by atoms with E-state index in [-0.39, 0.29) is 11.2 Å². The van der Waals surface area contributed by atoms with Crippen LogP contribution in [0.15, 0.2) is 71.5 Å². The van der Waals surface area contributed by atoms with Crippen LogP contribution in [0.4, 0.5) is 0 Å². The fourth-order valence-corrected chi connectivity index (χ4v) is 3.02. The van der Waals surface area contributed by atoms with Gasteiger partial charge in [-0.2, -0.15) is 0 Å². The molecule has 1 N–H and O–H groups in total. The Labute approximate surface area is 128 Å². The van der Waals surface area contributed by atoms with E-state index >= 15 is 0 Å². The Kier molecular flexibility index (Phi) is 5.46. The minimum Gasteiger partial charge on any atom is -0.481 e. The third-order valence-electron chi connectivity index (χ3n) is 2.93. The van der Waals surface area contributed by atoms with Gasteiger partial charge in [-0.3, -0.25) is 4.79 Å². The zero-order chi connectivity index (χ0) is 15.1. The summed E-state index contributed by atoms with van der Waals surface area (Å²) in [5, 5.41) is 9.50. The molecule has 0 saturated heterocycles. The van der Waals surface area contributed by atoms with Crippen molar-refractivity contribution in [1.29, 1.82) is 0 Å². The molecule has 3 nitrogen and oxygen atoms in total. The van der Waals surface area contributed by atoms with E-state index in [4.69, 9.17) is 4.74 Å². The van der Waals surface area contributed by atoms with Crippen molar-refractivity contribution < 1.29 is 14.6 Å². The van der Waals surface area contributed by atoms with Gasteiger partial charge < -0.3 is 9.84 Å². The zero-order valence-corrected chi connectivity index (χ0v) is 12.4. The minimum atomic E-state index is -0.146. The van der Waals surface area contributed by atoms with Gasteiger partial charge in [0.15, 0.2) is 6.29 Å². The molecular formula is C17H16O3S. The molecule has 0 bridgehead atoms. The van der Waals surface area contributed by atoms with Crippen LogP contribution in [-0.4, -0.2) is 18.5 Å². The van der Waals surface area contributed by atoms with E-state index in [9.17, 15) is 9.90 Å². The molecule has 2 aromatic carbocycles. The number of rotatable bonds is 6. The van der Waals surface area contributed by atoms with Crippen LogP contribution in [0.25, 0.3) is 0 Å². The number of ether oxygens (including phenoxy) is 1. The van der Waals surface area contributed by atoms with Crippen LogP contribution in [-0.2, 0) is 4.74 Å². The first-order valence-corrected chi connectivity index (χ1v) is 7.33. The molecule has 0 radical (unpaired) electrons. The van der Waals surface area contributed by atoms with Crippen LogP contribution in [0.1, 0.15) is 21.2 Å². The number of hydrogen-bond donors (Lipinski definition) is 1. The van der Waals surface area contributed by atoms with Crippen molar-refractivity contribution in [2.75, 3.05) is 7.11 Å². The van der Waals surface area contributed by atoms with Crippen molar-refractivity contribution in [3.8, 4) is 0 Å². The summed E-state index contributed by atoms with van der Waals surface area (Å²) in [5.74, 6) is -0.139. The summed E-state index contributed by atoms with van der Waals surface area (Å²) in [6.07, 6.45) is 2.46. The first-order chi connectivity index (χ1) is 10.2. The maximum absolute atomic E-state index is 11.1. The number of aliphatic hydroxyl groups excluding tert-OH is 1. The van der Waals surface area contributed by atoms with Gasteiger partial charge in [-0.1, -0.05) is 48.5 Å². The monoisotopic (exact) mass is 300 g/mol. The fourth-order valence-electron chi connectivity index (χ4n) is 1.86. The second-order valence-corrected chi connectivity index (χ2v) is 5.50. The van der Waals surface area contributed by atoms with E-state index in [0.717, 1.165) is 16.7 Å². The van der Waals surface area contributed by atoms with Crippen molar-refractivity contribution in [2.24, 2.45) is 0 Å². The first-order valence-electron chi connectivity index (χ1n) is 6.45. The molecule has 0 amide bonds. The summed E-state index contributed by atoms with van der Waals surface area (Å²) in [5.41, 5.74) is 1.65. The minimum absolute atomic E-state index is 0.139. The van der Waals surface area contributed by atoms with Gasteiger partial charge in [-0.05, 0) is 11.6 Å². The van der Waals surface area contributed by atoms with E-state index in [1.54, 1.807) is 12.1 Å². The molecular weight excluding hydrogens is 284 g/mol. The van der Waals surface area contributed by atoms with Crippen molar-refractivity contribution in [3.05, 3.63) is 77.7 Å². The number of carbonyl (C=O) groups is 1. The Morgan fingerprint density at radius 2 is 1.81 bits per heavy atom. The predicted molar refractivity (Wildman–Crippen MR) is 84.6 cm³/mol. The van der Waals surface area contributed by atoms with E-state index < -0.39 is 0 Å². The smallest absolute Gasteiger partial charge is 0.273 e. The number of aliphatic hydroxyl groups is 1. The molecule has 1 atom stereocenters. The van der Waals surface area contributed by atoms with Crippen LogP contribution in [0.3, 0.4) is 0 Å². The number of carbonyl (C=O) groups excluding carboxylic acids is 1. The molecule has 108 valence electrons. The number of benzene rings is 2. The largest absolute Gasteiger partial charge is 0.481 e. The van der Waals surface area contributed by atoms with Gasteiger partial charge in [0.05, 0.1) is 12.4 Å². The van der Waals surface area contributed by atoms with Crippen molar-refractivity contribution in [2.45, 2.75) is 10.1 Å². The highest BCUT2D eigenvalue weighted by molar-refractivity contribution is 7.99. The highest BCUT2D eigenvalue weighted by Crippen LogP contribution is 2.38. The summed E-state index contributed by atoms with van der Waals surface area (Å²) in [7, 11) is 1.41. The normalized spacial score (nSPS) is 12.7. The molecule has 21 heavy (non-hydrogen) atoms. The molecule has 0 heterocycles. The summed E-state index contributed by atoms with van der Waals surface area (Å²) >= 11 is 1.49. The third-order valence-corrected chi connectivity index (χ3v) is 4.22. The van der Waals surface area contributed by atoms with Gasteiger partial charge >= 0.3 is 0 Å². The van der Waals surface area contributed by atoms with Crippen LogP contribution >= 0.6 is 11.8 Å². The molecule has 0 spiro atoms. The van der Waals surface area contributed by atoms with Crippen molar-refractivity contribution >= 4 is 18.0 Å². The average molecular weight is 300 g/mol. The molecule has 0 fully saturated rings. The number of hydrogen-bond acceptors (Lipinski definition) is 4. The average Bonchev–Trinajstić information content (AvgIpc) is 2.55.